The standard InChI is InChI=1S/C15H24BrNS/c1-4-11(5-2)10(3)17-13-7-6-8-14-12(13)9-15(16)18-14/h9-11,13,17H,4-8H2,1-3H3. The molecule has 2 unspecified atom stereocenters. The molecule has 3 heteroatoms. The van der Waals surface area contributed by atoms with Crippen LogP contribution in [0.4, 0.5) is 0 Å². The average Bonchev–Trinajstić information content (AvgIpc) is 2.72. The Labute approximate surface area is 123 Å². The van der Waals surface area contributed by atoms with Gasteiger partial charge in [-0.2, -0.15) is 0 Å². The van der Waals surface area contributed by atoms with Gasteiger partial charge in [-0.05, 0) is 59.7 Å². The SMILES string of the molecule is CCC(CC)C(C)NC1CCCc2sc(Br)cc21. The molecule has 102 valence electrons. The lowest BCUT2D eigenvalue weighted by atomic mass is 9.90. The lowest BCUT2D eigenvalue weighted by molar-refractivity contribution is 0.308. The van der Waals surface area contributed by atoms with E-state index in [0.717, 1.165) is 5.92 Å². The summed E-state index contributed by atoms with van der Waals surface area (Å²) >= 11 is 5.55. The van der Waals surface area contributed by atoms with Crippen molar-refractivity contribution < 1.29 is 0 Å². The summed E-state index contributed by atoms with van der Waals surface area (Å²) in [4.78, 5) is 1.59. The second-order valence-corrected chi connectivity index (χ2v) is 7.92. The first-order chi connectivity index (χ1) is 8.65. The monoisotopic (exact) mass is 329 g/mol. The maximum absolute atomic E-state index is 3.88. The molecule has 2 rings (SSSR count). The lowest BCUT2D eigenvalue weighted by Crippen LogP contribution is -2.37. The van der Waals surface area contributed by atoms with E-state index in [2.05, 4.69) is 48.1 Å². The summed E-state index contributed by atoms with van der Waals surface area (Å²) in [7, 11) is 0. The Hall–Kier alpha value is 0.140. The maximum Gasteiger partial charge on any atom is 0.0704 e. The zero-order valence-corrected chi connectivity index (χ0v) is 14.0. The van der Waals surface area contributed by atoms with Crippen molar-refractivity contribution in [2.75, 3.05) is 0 Å². The van der Waals surface area contributed by atoms with Crippen LogP contribution in [0.2, 0.25) is 0 Å². The predicted octanol–water partition coefficient (Wildman–Crippen LogP) is 5.30. The number of halogens is 1. The normalized spacial score (nSPS) is 21.1. The predicted molar refractivity (Wildman–Crippen MR) is 84.4 cm³/mol. The van der Waals surface area contributed by atoms with Crippen molar-refractivity contribution >= 4 is 27.3 Å². The Balaban J connectivity index is 2.06. The van der Waals surface area contributed by atoms with E-state index in [9.17, 15) is 0 Å². The molecule has 1 nitrogen and oxygen atoms in total. The van der Waals surface area contributed by atoms with E-state index < -0.39 is 0 Å². The Morgan fingerprint density at radius 3 is 2.83 bits per heavy atom. The van der Waals surface area contributed by atoms with Crippen molar-refractivity contribution in [3.63, 3.8) is 0 Å². The molecule has 0 aromatic carbocycles. The number of fused-ring (bicyclic) bond motifs is 1. The molecule has 0 saturated carbocycles. The molecule has 0 radical (unpaired) electrons. The summed E-state index contributed by atoms with van der Waals surface area (Å²) in [6, 6.07) is 3.53. The number of nitrogens with one attached hydrogen (secondary N) is 1. The van der Waals surface area contributed by atoms with E-state index in [1.165, 1.54) is 35.9 Å². The number of rotatable bonds is 5. The molecular formula is C15H24BrNS. The molecule has 1 aliphatic carbocycles. The van der Waals surface area contributed by atoms with Crippen molar-refractivity contribution in [1.29, 1.82) is 0 Å². The summed E-state index contributed by atoms with van der Waals surface area (Å²) in [6.07, 6.45) is 6.44. The number of hydrogen-bond acceptors (Lipinski definition) is 2. The van der Waals surface area contributed by atoms with E-state index >= 15 is 0 Å². The fourth-order valence-electron chi connectivity index (χ4n) is 3.14. The topological polar surface area (TPSA) is 12.0 Å². The van der Waals surface area contributed by atoms with Crippen LogP contribution in [0.3, 0.4) is 0 Å². The molecule has 0 fully saturated rings. The fraction of sp³-hybridized carbons (Fsp3) is 0.733. The van der Waals surface area contributed by atoms with Gasteiger partial charge in [0.2, 0.25) is 0 Å². The Morgan fingerprint density at radius 2 is 2.17 bits per heavy atom. The molecule has 18 heavy (non-hydrogen) atoms. The molecule has 1 aromatic rings. The van der Waals surface area contributed by atoms with Crippen molar-refractivity contribution in [3.8, 4) is 0 Å². The first kappa shape index (κ1) is 14.5. The van der Waals surface area contributed by atoms with Gasteiger partial charge in [-0.3, -0.25) is 0 Å². The molecule has 0 spiro atoms. The minimum absolute atomic E-state index is 0.576. The van der Waals surface area contributed by atoms with Gasteiger partial charge in [0.05, 0.1) is 3.79 Å². The van der Waals surface area contributed by atoms with E-state index in [1.54, 1.807) is 10.4 Å². The molecule has 1 heterocycles. The number of thiophene rings is 1. The van der Waals surface area contributed by atoms with Gasteiger partial charge < -0.3 is 5.32 Å². The van der Waals surface area contributed by atoms with Gasteiger partial charge in [0.25, 0.3) is 0 Å². The highest BCUT2D eigenvalue weighted by atomic mass is 79.9. The average molecular weight is 330 g/mol. The third-order valence-electron chi connectivity index (χ3n) is 4.30. The van der Waals surface area contributed by atoms with Gasteiger partial charge in [0, 0.05) is 17.0 Å². The first-order valence-electron chi connectivity index (χ1n) is 7.19. The second kappa shape index (κ2) is 6.53. The van der Waals surface area contributed by atoms with E-state index in [1.807, 2.05) is 11.3 Å². The van der Waals surface area contributed by atoms with Gasteiger partial charge in [0.15, 0.2) is 0 Å². The molecule has 2 atom stereocenters. The van der Waals surface area contributed by atoms with Gasteiger partial charge in [0.1, 0.15) is 0 Å². The van der Waals surface area contributed by atoms with Crippen molar-refractivity contribution in [2.45, 2.75) is 65.0 Å². The van der Waals surface area contributed by atoms with Crippen LogP contribution in [0.25, 0.3) is 0 Å². The zero-order chi connectivity index (χ0) is 13.1. The van der Waals surface area contributed by atoms with Crippen LogP contribution in [-0.4, -0.2) is 6.04 Å². The van der Waals surface area contributed by atoms with Gasteiger partial charge in [-0.15, -0.1) is 11.3 Å². The molecule has 0 amide bonds. The van der Waals surface area contributed by atoms with Crippen LogP contribution in [0.1, 0.15) is 62.9 Å². The molecule has 0 saturated heterocycles. The van der Waals surface area contributed by atoms with Crippen molar-refractivity contribution in [3.05, 3.63) is 20.3 Å². The van der Waals surface area contributed by atoms with Gasteiger partial charge >= 0.3 is 0 Å². The van der Waals surface area contributed by atoms with Crippen LogP contribution < -0.4 is 5.32 Å². The lowest BCUT2D eigenvalue weighted by Gasteiger charge is -2.30. The largest absolute Gasteiger partial charge is 0.307 e. The fourth-order valence-corrected chi connectivity index (χ4v) is 4.96. The van der Waals surface area contributed by atoms with E-state index in [-0.39, 0.29) is 0 Å². The highest BCUT2D eigenvalue weighted by molar-refractivity contribution is 9.11. The summed E-state index contributed by atoms with van der Waals surface area (Å²) in [5.74, 6) is 0.803. The summed E-state index contributed by atoms with van der Waals surface area (Å²) < 4.78 is 1.29. The smallest absolute Gasteiger partial charge is 0.0704 e. The van der Waals surface area contributed by atoms with Crippen LogP contribution in [0.15, 0.2) is 9.85 Å². The van der Waals surface area contributed by atoms with Crippen LogP contribution in [0, 0.1) is 5.92 Å². The zero-order valence-electron chi connectivity index (χ0n) is 11.6. The molecular weight excluding hydrogens is 306 g/mol. The Bertz CT molecular complexity index is 384. The first-order valence-corrected chi connectivity index (χ1v) is 8.80. The third-order valence-corrected chi connectivity index (χ3v) is 6.02. The molecule has 1 aliphatic rings. The Morgan fingerprint density at radius 1 is 1.44 bits per heavy atom. The number of aryl methyl sites for hydroxylation is 1. The van der Waals surface area contributed by atoms with Crippen LogP contribution in [0.5, 0.6) is 0 Å². The summed E-state index contributed by atoms with van der Waals surface area (Å²) in [5, 5.41) is 3.88. The highest BCUT2D eigenvalue weighted by Gasteiger charge is 2.25. The molecule has 0 bridgehead atoms. The molecule has 1 aromatic heterocycles. The van der Waals surface area contributed by atoms with Crippen LogP contribution >= 0.6 is 27.3 Å². The number of hydrogen-bond donors (Lipinski definition) is 1. The third kappa shape index (κ3) is 3.17. The van der Waals surface area contributed by atoms with Gasteiger partial charge in [-0.1, -0.05) is 26.7 Å². The van der Waals surface area contributed by atoms with E-state index in [4.69, 9.17) is 0 Å². The van der Waals surface area contributed by atoms with E-state index in [0.29, 0.717) is 12.1 Å². The maximum atomic E-state index is 3.88. The minimum Gasteiger partial charge on any atom is -0.307 e. The van der Waals surface area contributed by atoms with Crippen molar-refractivity contribution in [1.82, 2.24) is 5.32 Å². The van der Waals surface area contributed by atoms with Crippen LogP contribution in [-0.2, 0) is 6.42 Å². The molecule has 0 aliphatic heterocycles. The summed E-state index contributed by atoms with van der Waals surface area (Å²) in [6.45, 7) is 6.97. The quantitative estimate of drug-likeness (QED) is 0.772. The van der Waals surface area contributed by atoms with Gasteiger partial charge in [-0.25, -0.2) is 0 Å². The van der Waals surface area contributed by atoms with Crippen molar-refractivity contribution in [2.24, 2.45) is 5.92 Å². The molecule has 1 N–H and O–H groups in total. The highest BCUT2D eigenvalue weighted by Crippen LogP contribution is 2.38. The summed E-state index contributed by atoms with van der Waals surface area (Å²) in [5.41, 5.74) is 1.55. The second-order valence-electron chi connectivity index (χ2n) is 5.41. The minimum atomic E-state index is 0.576. The Kier molecular flexibility index (Phi) is 5.28.